The number of nitrogens with zero attached hydrogens (tertiary/aromatic N) is 7. The van der Waals surface area contributed by atoms with Crippen molar-refractivity contribution < 1.29 is 9.59 Å². The van der Waals surface area contributed by atoms with Gasteiger partial charge in [0.2, 0.25) is 0 Å². The summed E-state index contributed by atoms with van der Waals surface area (Å²) in [6.07, 6.45) is 1.75. The van der Waals surface area contributed by atoms with Gasteiger partial charge in [0.05, 0.1) is 39.0 Å². The number of carbonyl (C=O) groups is 2. The van der Waals surface area contributed by atoms with Crippen LogP contribution in [-0.2, 0) is 20.6 Å². The Bertz CT molecular complexity index is 2500. The monoisotopic (exact) mass is 984 g/mol. The van der Waals surface area contributed by atoms with E-state index in [9.17, 15) is 19.2 Å². The van der Waals surface area contributed by atoms with Crippen LogP contribution in [0.3, 0.4) is 0 Å². The number of thiophene rings is 1. The topological polar surface area (TPSA) is 147 Å². The molecular weight excluding hydrogens is 954 g/mol. The first-order valence-corrected chi connectivity index (χ1v) is 19.4. The number of Topliss-reactive ketones (excluding diaryl/α,β-unsaturated/α-hetero) is 1. The molecule has 4 heterocycles. The molecule has 0 fully saturated rings. The van der Waals surface area contributed by atoms with Crippen molar-refractivity contribution in [1.29, 1.82) is 0 Å². The Balaban J connectivity index is 0.000000185. The maximum absolute atomic E-state index is 12.1. The van der Waals surface area contributed by atoms with E-state index in [4.69, 9.17) is 11.6 Å². The van der Waals surface area contributed by atoms with Gasteiger partial charge in [-0.25, -0.2) is 14.0 Å². The third-order valence-electron chi connectivity index (χ3n) is 7.51. The molecule has 0 atom stereocenters. The minimum absolute atomic E-state index is 0.0933. The van der Waals surface area contributed by atoms with Gasteiger partial charge in [0.1, 0.15) is 5.69 Å². The summed E-state index contributed by atoms with van der Waals surface area (Å²) in [4.78, 5) is 46.0. The van der Waals surface area contributed by atoms with E-state index in [0.717, 1.165) is 31.6 Å². The molecule has 0 aliphatic heterocycles. The van der Waals surface area contributed by atoms with Gasteiger partial charge >= 0.3 is 0 Å². The first kappa shape index (κ1) is 40.3. The minimum Gasteiger partial charge on any atom is -0.346 e. The summed E-state index contributed by atoms with van der Waals surface area (Å²) >= 11 is 11.5. The second-order valence-corrected chi connectivity index (χ2v) is 15.6. The third-order valence-corrected chi connectivity index (χ3v) is 10.2. The van der Waals surface area contributed by atoms with Gasteiger partial charge in [-0.05, 0) is 113 Å². The van der Waals surface area contributed by atoms with Crippen molar-refractivity contribution in [2.75, 3.05) is 0 Å². The summed E-state index contributed by atoms with van der Waals surface area (Å²) < 4.78 is 7.17. The van der Waals surface area contributed by atoms with Crippen molar-refractivity contribution in [2.45, 2.75) is 13.5 Å². The molecule has 0 unspecified atom stereocenters. The fourth-order valence-electron chi connectivity index (χ4n) is 4.60. The van der Waals surface area contributed by atoms with E-state index in [1.807, 2.05) is 72.8 Å². The molecule has 1 N–H and O–H groups in total. The van der Waals surface area contributed by atoms with Crippen LogP contribution in [-0.4, -0.2) is 46.2 Å². The van der Waals surface area contributed by atoms with Crippen LogP contribution in [0, 0.1) is 7.14 Å². The van der Waals surface area contributed by atoms with Crippen molar-refractivity contribution in [1.82, 2.24) is 39.9 Å². The van der Waals surface area contributed by atoms with Crippen LogP contribution in [0.25, 0.3) is 28.2 Å². The molecule has 7 aromatic rings. The van der Waals surface area contributed by atoms with E-state index in [1.165, 1.54) is 36.4 Å². The lowest BCUT2D eigenvalue weighted by atomic mass is 10.1. The molecule has 0 saturated carbocycles. The lowest BCUT2D eigenvalue weighted by Gasteiger charge is -2.04. The highest BCUT2D eigenvalue weighted by atomic mass is 127. The predicted octanol–water partition coefficient (Wildman–Crippen LogP) is 7.22. The van der Waals surface area contributed by atoms with Gasteiger partial charge in [0.25, 0.3) is 17.0 Å². The number of rotatable bonds is 7. The Labute approximate surface area is 346 Å². The largest absolute Gasteiger partial charge is 0.346 e. The van der Waals surface area contributed by atoms with E-state index in [1.54, 1.807) is 56.2 Å². The molecule has 0 aliphatic carbocycles. The molecule has 0 bridgehead atoms. The average molecular weight is 985 g/mol. The zero-order chi connectivity index (χ0) is 38.8. The highest BCUT2D eigenvalue weighted by Crippen LogP contribution is 2.22. The van der Waals surface area contributed by atoms with Crippen molar-refractivity contribution in [3.63, 3.8) is 0 Å². The summed E-state index contributed by atoms with van der Waals surface area (Å²) in [5.74, 6) is -0.0815. The zero-order valence-corrected chi connectivity index (χ0v) is 34.9. The first-order valence-electron chi connectivity index (χ1n) is 16.0. The van der Waals surface area contributed by atoms with Crippen LogP contribution < -0.4 is 16.4 Å². The van der Waals surface area contributed by atoms with E-state index < -0.39 is 0 Å². The number of amides is 1. The smallest absolute Gasteiger partial charge is 0.266 e. The molecule has 0 saturated heterocycles. The number of aromatic nitrogens is 7. The molecule has 1 amide bonds. The van der Waals surface area contributed by atoms with E-state index >= 15 is 0 Å². The Hall–Kier alpha value is -4.85. The minimum atomic E-state index is -0.203. The molecule has 4 aromatic heterocycles. The zero-order valence-electron chi connectivity index (χ0n) is 29.0. The van der Waals surface area contributed by atoms with Crippen LogP contribution in [0.4, 0.5) is 0 Å². The lowest BCUT2D eigenvalue weighted by Crippen LogP contribution is -2.21. The van der Waals surface area contributed by atoms with Gasteiger partial charge in [-0.1, -0.05) is 53.2 Å². The molecule has 7 rings (SSSR count). The van der Waals surface area contributed by atoms with Gasteiger partial charge in [0, 0.05) is 50.1 Å². The normalized spacial score (nSPS) is 10.4. The van der Waals surface area contributed by atoms with Crippen LogP contribution in [0.2, 0.25) is 4.34 Å². The maximum Gasteiger partial charge on any atom is 0.266 e. The van der Waals surface area contributed by atoms with E-state index in [0.29, 0.717) is 20.6 Å². The highest BCUT2D eigenvalue weighted by molar-refractivity contribution is 14.1. The van der Waals surface area contributed by atoms with Crippen LogP contribution >= 0.6 is 68.1 Å². The predicted molar refractivity (Wildman–Crippen MR) is 227 cm³/mol. The third kappa shape index (κ3) is 11.3. The number of ketones is 1. The second kappa shape index (κ2) is 19.0. The van der Waals surface area contributed by atoms with Gasteiger partial charge in [-0.2, -0.15) is 10.2 Å². The fourth-order valence-corrected chi connectivity index (χ4v) is 6.28. The highest BCUT2D eigenvalue weighted by Gasteiger charge is 2.10. The number of nitrogens with one attached hydrogen (secondary N) is 1. The quantitative estimate of drug-likeness (QED) is 0.130. The van der Waals surface area contributed by atoms with Gasteiger partial charge in [-0.15, -0.1) is 16.4 Å². The second-order valence-electron chi connectivity index (χ2n) is 11.4. The fraction of sp³-hybridized carbons (Fsp3) is 0.105. The summed E-state index contributed by atoms with van der Waals surface area (Å²) in [7, 11) is 3.27. The molecule has 0 aliphatic rings. The maximum atomic E-state index is 12.1. The molecule has 12 nitrogen and oxygen atoms in total. The van der Waals surface area contributed by atoms with Crippen LogP contribution in [0.15, 0.2) is 125 Å². The van der Waals surface area contributed by atoms with Gasteiger partial charge in [0.15, 0.2) is 5.78 Å². The lowest BCUT2D eigenvalue weighted by molar-refractivity contribution is 0.0953. The van der Waals surface area contributed by atoms with Gasteiger partial charge in [-0.3, -0.25) is 19.2 Å². The van der Waals surface area contributed by atoms with Crippen LogP contribution in [0.5, 0.6) is 0 Å². The Kier molecular flexibility index (Phi) is 14.2. The first-order chi connectivity index (χ1) is 25.9. The molecule has 16 heteroatoms. The molecule has 0 radical (unpaired) electrons. The summed E-state index contributed by atoms with van der Waals surface area (Å²) in [5, 5.41) is 19.4. The Morgan fingerprint density at radius 1 is 0.722 bits per heavy atom. The number of carbonyl (C=O) groups excluding carboxylic acids is 2. The summed E-state index contributed by atoms with van der Waals surface area (Å²) in [6, 6.07) is 32.9. The molecular formula is C38H31ClI2N8O4S. The van der Waals surface area contributed by atoms with E-state index in [2.05, 4.69) is 71.0 Å². The number of hydrogen-bond donors (Lipinski definition) is 1. The van der Waals surface area contributed by atoms with Crippen molar-refractivity contribution in [3.8, 4) is 28.2 Å². The summed E-state index contributed by atoms with van der Waals surface area (Å²) in [5.41, 5.74) is 5.39. The molecule has 54 heavy (non-hydrogen) atoms. The molecule has 274 valence electrons. The van der Waals surface area contributed by atoms with Crippen molar-refractivity contribution in [3.05, 3.63) is 164 Å². The van der Waals surface area contributed by atoms with E-state index in [-0.39, 0.29) is 29.4 Å². The van der Waals surface area contributed by atoms with Crippen molar-refractivity contribution in [2.24, 2.45) is 14.1 Å². The number of aryl methyl sites for hydroxylation is 2. The number of benzene rings is 3. The number of hydrogen-bond acceptors (Lipinski definition) is 9. The Morgan fingerprint density at radius 2 is 1.24 bits per heavy atom. The van der Waals surface area contributed by atoms with Crippen molar-refractivity contribution >= 4 is 79.8 Å². The van der Waals surface area contributed by atoms with Crippen LogP contribution in [0.1, 0.15) is 32.6 Å². The molecule has 0 spiro atoms. The summed E-state index contributed by atoms with van der Waals surface area (Å²) in [6.45, 7) is 1.83. The molecule has 3 aromatic carbocycles. The van der Waals surface area contributed by atoms with Gasteiger partial charge < -0.3 is 5.32 Å². The number of halogens is 3. The average Bonchev–Trinajstić information content (AvgIpc) is 3.83. The Morgan fingerprint density at radius 3 is 1.72 bits per heavy atom. The standard InChI is InChI=1S/C19H15ClN6O2S.C11H9IN2O.C8H7IO/c1-25-18(27)9-6-15(23-25)12-2-4-14(5-3-12)26-11-13(22-24-26)10-21-19(28)16-7-8-17(20)29-16;1-14-11(15)7-6-10(13-14)8-2-4-9(12)5-3-8;1-6(10)7-2-4-8(9)5-3-7/h2-9,11H,10H2,1H3,(H,21,28);2-7H,1H3;2-5H,1H3. The SMILES string of the molecule is CC(=O)c1ccc(I)cc1.Cn1nc(-c2ccc(-n3cc(CNC(=O)c4ccc(Cl)s4)nn3)cc2)ccc1=O.Cn1nc(-c2ccc(I)cc2)ccc1=O.